The maximum Gasteiger partial charge on any atom is 0.513 e. The molecule has 0 aromatic heterocycles. The van der Waals surface area contributed by atoms with Gasteiger partial charge in [0.1, 0.15) is 37.9 Å². The first-order valence-corrected chi connectivity index (χ1v) is 12.0. The Kier molecular flexibility index (Phi) is 11.3. The van der Waals surface area contributed by atoms with Crippen molar-refractivity contribution in [2.45, 2.75) is 33.1 Å². The van der Waals surface area contributed by atoms with Crippen LogP contribution in [0.2, 0.25) is 0 Å². The van der Waals surface area contributed by atoms with E-state index in [0.717, 1.165) is 11.1 Å². The lowest BCUT2D eigenvalue weighted by Crippen LogP contribution is -2.19. The van der Waals surface area contributed by atoms with Crippen LogP contribution in [0, 0.1) is 0 Å². The number of benzene rings is 2. The summed E-state index contributed by atoms with van der Waals surface area (Å²) in [5, 5.41) is 0. The fraction of sp³-hybridized carbons (Fsp3) is 0.310. The first-order chi connectivity index (χ1) is 18.4. The lowest BCUT2D eigenvalue weighted by Gasteiger charge is -2.26. The molecule has 0 spiro atoms. The Morgan fingerprint density at radius 3 is 1.21 bits per heavy atom. The van der Waals surface area contributed by atoms with E-state index < -0.39 is 29.7 Å². The van der Waals surface area contributed by atoms with Crippen LogP contribution in [0.3, 0.4) is 0 Å². The van der Waals surface area contributed by atoms with E-state index >= 15 is 0 Å². The molecule has 0 heterocycles. The molecule has 0 unspecified atom stereocenters. The van der Waals surface area contributed by atoms with Gasteiger partial charge in [0, 0.05) is 16.6 Å². The van der Waals surface area contributed by atoms with Crippen molar-refractivity contribution < 1.29 is 47.6 Å². The minimum Gasteiger partial charge on any atom is -0.459 e. The number of carbonyl (C=O) groups excluding carboxylic acids is 4. The van der Waals surface area contributed by atoms with Gasteiger partial charge in [0.15, 0.2) is 0 Å². The van der Waals surface area contributed by atoms with Crippen molar-refractivity contribution in [1.29, 1.82) is 0 Å². The van der Waals surface area contributed by atoms with E-state index in [2.05, 4.69) is 13.2 Å². The Bertz CT molecular complexity index is 1100. The maximum absolute atomic E-state index is 11.9. The fourth-order valence-corrected chi connectivity index (χ4v) is 3.06. The molecule has 0 saturated carbocycles. The molecule has 10 nitrogen and oxygen atoms in total. The van der Waals surface area contributed by atoms with Crippen LogP contribution < -0.4 is 9.47 Å². The molecule has 0 radical (unpaired) electrons. The monoisotopic (exact) mass is 540 g/mol. The highest BCUT2D eigenvalue weighted by atomic mass is 16.7. The SMILES string of the molecule is C=C(C)C(=O)OCCOC(=O)Oc1ccc(C(C)(C)c2ccc(OC(=O)OCCOC(=O)C(=C)C)cc2)cc1. The molecule has 39 heavy (non-hydrogen) atoms. The summed E-state index contributed by atoms with van der Waals surface area (Å²) in [5.41, 5.74) is 1.95. The van der Waals surface area contributed by atoms with Crippen molar-refractivity contribution in [3.8, 4) is 11.5 Å². The molecule has 2 aromatic carbocycles. The van der Waals surface area contributed by atoms with E-state index in [0.29, 0.717) is 0 Å². The normalized spacial score (nSPS) is 10.6. The average Bonchev–Trinajstić information content (AvgIpc) is 2.89. The zero-order valence-corrected chi connectivity index (χ0v) is 22.4. The second-order valence-electron chi connectivity index (χ2n) is 8.91. The number of hydrogen-bond acceptors (Lipinski definition) is 10. The second-order valence-corrected chi connectivity index (χ2v) is 8.91. The van der Waals surface area contributed by atoms with Gasteiger partial charge in [-0.1, -0.05) is 51.3 Å². The van der Waals surface area contributed by atoms with Crippen molar-refractivity contribution in [1.82, 2.24) is 0 Å². The van der Waals surface area contributed by atoms with Crippen LogP contribution in [-0.2, 0) is 34.0 Å². The Balaban J connectivity index is 1.85. The van der Waals surface area contributed by atoms with E-state index in [1.54, 1.807) is 24.3 Å². The molecule has 0 aliphatic rings. The molecule has 2 aromatic rings. The van der Waals surface area contributed by atoms with Gasteiger partial charge in [-0.15, -0.1) is 0 Å². The maximum atomic E-state index is 11.9. The van der Waals surface area contributed by atoms with E-state index in [-0.39, 0.29) is 49.1 Å². The van der Waals surface area contributed by atoms with Crippen LogP contribution >= 0.6 is 0 Å². The van der Waals surface area contributed by atoms with Gasteiger partial charge in [0.05, 0.1) is 0 Å². The van der Waals surface area contributed by atoms with Crippen molar-refractivity contribution in [2.24, 2.45) is 0 Å². The highest BCUT2D eigenvalue weighted by Crippen LogP contribution is 2.33. The summed E-state index contributed by atoms with van der Waals surface area (Å²) in [6, 6.07) is 13.8. The number of carbonyl (C=O) groups is 4. The van der Waals surface area contributed by atoms with Crippen LogP contribution in [0.15, 0.2) is 72.8 Å². The molecule has 0 aliphatic carbocycles. The first-order valence-electron chi connectivity index (χ1n) is 12.0. The van der Waals surface area contributed by atoms with Crippen molar-refractivity contribution >= 4 is 24.2 Å². The molecule has 0 atom stereocenters. The van der Waals surface area contributed by atoms with E-state index in [1.807, 2.05) is 38.1 Å². The summed E-state index contributed by atoms with van der Waals surface area (Å²) in [5.74, 6) is -0.554. The summed E-state index contributed by atoms with van der Waals surface area (Å²) in [6.45, 7) is 13.5. The van der Waals surface area contributed by atoms with Gasteiger partial charge in [0.2, 0.25) is 0 Å². The Hall–Kier alpha value is -4.60. The second kappa shape index (κ2) is 14.4. The highest BCUT2D eigenvalue weighted by Gasteiger charge is 2.23. The largest absolute Gasteiger partial charge is 0.513 e. The molecule has 2 rings (SSSR count). The quantitative estimate of drug-likeness (QED) is 0.115. The molecular formula is C29H32O10. The Morgan fingerprint density at radius 2 is 0.897 bits per heavy atom. The molecule has 208 valence electrons. The lowest BCUT2D eigenvalue weighted by molar-refractivity contribution is -0.140. The number of rotatable bonds is 12. The molecule has 0 aliphatic heterocycles. The molecule has 0 saturated heterocycles. The van der Waals surface area contributed by atoms with Gasteiger partial charge in [0.25, 0.3) is 0 Å². The summed E-state index contributed by atoms with van der Waals surface area (Å²) in [6.07, 6.45) is -1.84. The minimum absolute atomic E-state index is 0.105. The summed E-state index contributed by atoms with van der Waals surface area (Å²) in [7, 11) is 0. The van der Waals surface area contributed by atoms with E-state index in [1.165, 1.54) is 13.8 Å². The number of esters is 2. The first kappa shape index (κ1) is 30.6. The van der Waals surface area contributed by atoms with Gasteiger partial charge in [-0.3, -0.25) is 0 Å². The van der Waals surface area contributed by atoms with Gasteiger partial charge < -0.3 is 28.4 Å². The summed E-state index contributed by atoms with van der Waals surface area (Å²) >= 11 is 0. The van der Waals surface area contributed by atoms with Crippen LogP contribution in [-0.4, -0.2) is 50.7 Å². The Morgan fingerprint density at radius 1 is 0.590 bits per heavy atom. The van der Waals surface area contributed by atoms with Crippen molar-refractivity contribution in [3.05, 3.63) is 84.0 Å². The summed E-state index contributed by atoms with van der Waals surface area (Å²) < 4.78 is 29.8. The third kappa shape index (κ3) is 9.99. The van der Waals surface area contributed by atoms with Gasteiger partial charge in [-0.05, 0) is 49.2 Å². The van der Waals surface area contributed by atoms with Crippen LogP contribution in [0.5, 0.6) is 11.5 Å². The van der Waals surface area contributed by atoms with E-state index in [4.69, 9.17) is 28.4 Å². The van der Waals surface area contributed by atoms with Gasteiger partial charge in [-0.2, -0.15) is 0 Å². The lowest BCUT2D eigenvalue weighted by atomic mass is 9.78. The van der Waals surface area contributed by atoms with Gasteiger partial charge in [-0.25, -0.2) is 19.2 Å². The van der Waals surface area contributed by atoms with E-state index in [9.17, 15) is 19.2 Å². The molecule has 0 N–H and O–H groups in total. The zero-order chi connectivity index (χ0) is 29.0. The number of ether oxygens (including phenoxy) is 6. The third-order valence-corrected chi connectivity index (χ3v) is 5.32. The molecule has 10 heteroatoms. The zero-order valence-electron chi connectivity index (χ0n) is 22.4. The average molecular weight is 541 g/mol. The standard InChI is InChI=1S/C29H32O10/c1-19(2)25(30)34-15-17-36-27(32)38-23-11-7-21(8-12-23)29(5,6)22-9-13-24(14-10-22)39-28(33)37-18-16-35-26(31)20(3)4/h7-14H,1,3,15-18H2,2,4-6H3. The molecule has 0 fully saturated rings. The topological polar surface area (TPSA) is 124 Å². The predicted octanol–water partition coefficient (Wildman–Crippen LogP) is 5.28. The predicted molar refractivity (Wildman–Crippen MR) is 141 cm³/mol. The van der Waals surface area contributed by atoms with Crippen LogP contribution in [0.1, 0.15) is 38.8 Å². The third-order valence-electron chi connectivity index (χ3n) is 5.32. The van der Waals surface area contributed by atoms with Crippen LogP contribution in [0.4, 0.5) is 9.59 Å². The van der Waals surface area contributed by atoms with Crippen LogP contribution in [0.25, 0.3) is 0 Å². The Labute approximate surface area is 227 Å². The number of hydrogen-bond donors (Lipinski definition) is 0. The minimum atomic E-state index is -0.921. The summed E-state index contributed by atoms with van der Waals surface area (Å²) in [4.78, 5) is 46.3. The molecule has 0 bridgehead atoms. The smallest absolute Gasteiger partial charge is 0.459 e. The molecular weight excluding hydrogens is 508 g/mol. The van der Waals surface area contributed by atoms with Crippen molar-refractivity contribution in [3.63, 3.8) is 0 Å². The van der Waals surface area contributed by atoms with Crippen molar-refractivity contribution in [2.75, 3.05) is 26.4 Å². The fourth-order valence-electron chi connectivity index (χ4n) is 3.06. The molecule has 0 amide bonds. The van der Waals surface area contributed by atoms with Gasteiger partial charge >= 0.3 is 24.2 Å². The highest BCUT2D eigenvalue weighted by molar-refractivity contribution is 5.87.